The Morgan fingerprint density at radius 2 is 1.80 bits per heavy atom. The molecule has 0 atom stereocenters. The van der Waals surface area contributed by atoms with Crippen molar-refractivity contribution < 1.29 is 21.6 Å². The summed E-state index contributed by atoms with van der Waals surface area (Å²) in [5.41, 5.74) is 0. The molecule has 0 aliphatic heterocycles. The van der Waals surface area contributed by atoms with Crippen molar-refractivity contribution in [2.24, 2.45) is 0 Å². The largest absolute Gasteiger partial charge is 0.468 e. The summed E-state index contributed by atoms with van der Waals surface area (Å²) in [6, 6.07) is 9.98. The smallest absolute Gasteiger partial charge is 0.249 e. The van der Waals surface area contributed by atoms with E-state index in [1.165, 1.54) is 17.6 Å². The number of halogens is 2. The van der Waals surface area contributed by atoms with E-state index in [9.17, 15) is 17.2 Å². The zero-order chi connectivity index (χ0) is 17.9. The quantitative estimate of drug-likeness (QED) is 0.618. The number of hydrogen-bond donors (Lipinski definition) is 0. The first kappa shape index (κ1) is 17.8. The molecular weight excluding hydrogens is 368 g/mol. The lowest BCUT2D eigenvalue weighted by atomic mass is 10.3. The lowest BCUT2D eigenvalue weighted by Crippen LogP contribution is -2.33. The molecule has 0 fully saturated rings. The number of rotatable bonds is 7. The van der Waals surface area contributed by atoms with E-state index in [4.69, 9.17) is 4.42 Å². The normalized spacial score (nSPS) is 12.0. The number of furan rings is 1. The molecule has 0 radical (unpaired) electrons. The Labute approximate surface area is 148 Å². The minimum absolute atomic E-state index is 0.0807. The van der Waals surface area contributed by atoms with Gasteiger partial charge in [0.05, 0.1) is 12.8 Å². The second-order valence-corrected chi connectivity index (χ2v) is 8.21. The minimum atomic E-state index is -4.36. The average Bonchev–Trinajstić information content (AvgIpc) is 3.24. The fraction of sp³-hybridized carbons (Fsp3) is 0.176. The third-order valence-corrected chi connectivity index (χ3v) is 6.45. The number of sulfonamides is 1. The van der Waals surface area contributed by atoms with E-state index >= 15 is 0 Å². The molecule has 0 saturated carbocycles. The Morgan fingerprint density at radius 1 is 1.04 bits per heavy atom. The predicted octanol–water partition coefficient (Wildman–Crippen LogP) is 4.05. The van der Waals surface area contributed by atoms with Crippen molar-refractivity contribution in [2.45, 2.75) is 17.9 Å². The van der Waals surface area contributed by atoms with Gasteiger partial charge in [-0.2, -0.15) is 4.31 Å². The number of benzene rings is 1. The monoisotopic (exact) mass is 383 g/mol. The van der Waals surface area contributed by atoms with Gasteiger partial charge in [-0.3, -0.25) is 0 Å². The van der Waals surface area contributed by atoms with Crippen molar-refractivity contribution in [1.82, 2.24) is 4.31 Å². The Balaban J connectivity index is 1.94. The maximum atomic E-state index is 14.0. The van der Waals surface area contributed by atoms with Crippen LogP contribution in [-0.2, 0) is 23.0 Å². The average molecular weight is 383 g/mol. The van der Waals surface area contributed by atoms with E-state index in [-0.39, 0.29) is 13.1 Å². The third kappa shape index (κ3) is 3.97. The van der Waals surface area contributed by atoms with Crippen molar-refractivity contribution in [1.29, 1.82) is 0 Å². The molecule has 132 valence electrons. The highest BCUT2D eigenvalue weighted by Gasteiger charge is 2.31. The van der Waals surface area contributed by atoms with Crippen molar-refractivity contribution in [2.75, 3.05) is 6.54 Å². The van der Waals surface area contributed by atoms with Crippen molar-refractivity contribution in [3.8, 4) is 0 Å². The molecule has 4 nitrogen and oxygen atoms in total. The van der Waals surface area contributed by atoms with Gasteiger partial charge in [0.2, 0.25) is 10.0 Å². The standard InChI is InChI=1S/C17H15F2NO3S2/c18-15-6-1-7-16(19)17(15)25(21,22)20(12-13-4-2-10-23-13)9-8-14-5-3-11-24-14/h1-7,10-11H,8-9,12H2. The lowest BCUT2D eigenvalue weighted by molar-refractivity contribution is 0.361. The molecule has 25 heavy (non-hydrogen) atoms. The molecule has 0 unspecified atom stereocenters. The van der Waals surface area contributed by atoms with Gasteiger partial charge in [0.1, 0.15) is 17.4 Å². The van der Waals surface area contributed by atoms with Gasteiger partial charge in [-0.15, -0.1) is 11.3 Å². The molecule has 0 aliphatic carbocycles. The van der Waals surface area contributed by atoms with Crippen LogP contribution < -0.4 is 0 Å². The van der Waals surface area contributed by atoms with Gasteiger partial charge < -0.3 is 4.42 Å². The zero-order valence-electron chi connectivity index (χ0n) is 13.1. The summed E-state index contributed by atoms with van der Waals surface area (Å²) in [7, 11) is -4.36. The summed E-state index contributed by atoms with van der Waals surface area (Å²) in [4.78, 5) is 0.0430. The van der Waals surface area contributed by atoms with E-state index in [1.54, 1.807) is 12.1 Å². The molecule has 2 heterocycles. The molecule has 8 heteroatoms. The van der Waals surface area contributed by atoms with Crippen molar-refractivity contribution >= 4 is 21.4 Å². The zero-order valence-corrected chi connectivity index (χ0v) is 14.7. The topological polar surface area (TPSA) is 50.5 Å². The van der Waals surface area contributed by atoms with Crippen LogP contribution in [0.5, 0.6) is 0 Å². The minimum Gasteiger partial charge on any atom is -0.468 e. The number of nitrogens with zero attached hydrogens (tertiary/aromatic N) is 1. The van der Waals surface area contributed by atoms with Gasteiger partial charge in [0.25, 0.3) is 0 Å². The lowest BCUT2D eigenvalue weighted by Gasteiger charge is -2.21. The highest BCUT2D eigenvalue weighted by Crippen LogP contribution is 2.25. The first-order chi connectivity index (χ1) is 12.0. The third-order valence-electron chi connectivity index (χ3n) is 3.62. The van der Waals surface area contributed by atoms with Gasteiger partial charge in [-0.25, -0.2) is 17.2 Å². The van der Waals surface area contributed by atoms with Gasteiger partial charge in [-0.1, -0.05) is 12.1 Å². The van der Waals surface area contributed by atoms with Gasteiger partial charge in [0.15, 0.2) is 4.90 Å². The summed E-state index contributed by atoms with van der Waals surface area (Å²) >= 11 is 1.49. The van der Waals surface area contributed by atoms with Gasteiger partial charge in [-0.05, 0) is 42.1 Å². The highest BCUT2D eigenvalue weighted by molar-refractivity contribution is 7.89. The maximum absolute atomic E-state index is 14.0. The van der Waals surface area contributed by atoms with E-state index in [1.807, 2.05) is 17.5 Å². The highest BCUT2D eigenvalue weighted by atomic mass is 32.2. The molecule has 0 aliphatic rings. The van der Waals surface area contributed by atoms with Crippen LogP contribution in [0.15, 0.2) is 63.4 Å². The van der Waals surface area contributed by atoms with Crippen molar-refractivity contribution in [3.05, 3.63) is 76.4 Å². The van der Waals surface area contributed by atoms with Crippen LogP contribution in [0.2, 0.25) is 0 Å². The molecule has 3 aromatic rings. The van der Waals surface area contributed by atoms with Crippen molar-refractivity contribution in [3.63, 3.8) is 0 Å². The van der Waals surface area contributed by atoms with Crippen LogP contribution in [-0.4, -0.2) is 19.3 Å². The van der Waals surface area contributed by atoms with E-state index in [2.05, 4.69) is 0 Å². The summed E-state index contributed by atoms with van der Waals surface area (Å²) in [5, 5.41) is 1.89. The maximum Gasteiger partial charge on any atom is 0.249 e. The van der Waals surface area contributed by atoms with Crippen LogP contribution in [0.1, 0.15) is 10.6 Å². The van der Waals surface area contributed by atoms with Crippen LogP contribution in [0, 0.1) is 11.6 Å². The van der Waals surface area contributed by atoms with E-state index in [0.29, 0.717) is 12.2 Å². The Bertz CT molecular complexity index is 903. The SMILES string of the molecule is O=S(=O)(c1c(F)cccc1F)N(CCc1cccs1)Cc1ccco1. The Kier molecular flexibility index (Phi) is 5.31. The van der Waals surface area contributed by atoms with Crippen LogP contribution >= 0.6 is 11.3 Å². The fourth-order valence-corrected chi connectivity index (χ4v) is 4.62. The molecule has 0 spiro atoms. The van der Waals surface area contributed by atoms with Crippen LogP contribution in [0.25, 0.3) is 0 Å². The molecule has 0 saturated heterocycles. The predicted molar refractivity (Wildman–Crippen MR) is 90.7 cm³/mol. The summed E-state index contributed by atoms with van der Waals surface area (Å²) < 4.78 is 60.0. The van der Waals surface area contributed by atoms with Gasteiger partial charge in [0, 0.05) is 11.4 Å². The van der Waals surface area contributed by atoms with E-state index < -0.39 is 26.6 Å². The number of hydrogen-bond acceptors (Lipinski definition) is 4. The van der Waals surface area contributed by atoms with Crippen LogP contribution in [0.3, 0.4) is 0 Å². The number of thiophene rings is 1. The molecule has 2 aromatic heterocycles. The molecule has 3 rings (SSSR count). The first-order valence-electron chi connectivity index (χ1n) is 7.47. The summed E-state index contributed by atoms with van der Waals surface area (Å²) in [6.45, 7) is -0.0220. The van der Waals surface area contributed by atoms with Gasteiger partial charge >= 0.3 is 0 Å². The molecular formula is C17H15F2NO3S2. The first-order valence-corrected chi connectivity index (χ1v) is 9.79. The second kappa shape index (κ2) is 7.47. The summed E-state index contributed by atoms with van der Waals surface area (Å²) in [6.07, 6.45) is 1.86. The van der Waals surface area contributed by atoms with Crippen LogP contribution in [0.4, 0.5) is 8.78 Å². The molecule has 1 aromatic carbocycles. The van der Waals surface area contributed by atoms with E-state index in [0.717, 1.165) is 27.4 Å². The summed E-state index contributed by atoms with van der Waals surface area (Å²) in [5.74, 6) is -1.83. The molecule has 0 bridgehead atoms. The second-order valence-electron chi connectivity index (χ2n) is 5.30. The Hall–Kier alpha value is -2.03. The molecule has 0 amide bonds. The molecule has 0 N–H and O–H groups in total. The fourth-order valence-electron chi connectivity index (χ4n) is 2.41. The Morgan fingerprint density at radius 3 is 2.40 bits per heavy atom.